The Balaban J connectivity index is 1.79. The van der Waals surface area contributed by atoms with Gasteiger partial charge in [0, 0.05) is 38.8 Å². The van der Waals surface area contributed by atoms with Crippen molar-refractivity contribution in [3.8, 4) is 0 Å². The number of nitrogens with one attached hydrogen (secondary N) is 1. The van der Waals surface area contributed by atoms with Crippen LogP contribution in [0.1, 0.15) is 19.3 Å². The van der Waals surface area contributed by atoms with Crippen LogP contribution in [0.3, 0.4) is 0 Å². The number of rotatable bonds is 6. The largest absolute Gasteiger partial charge is 0.384 e. The van der Waals surface area contributed by atoms with Crippen molar-refractivity contribution in [3.63, 3.8) is 0 Å². The molecular weight excluding hydrogens is 228 g/mol. The van der Waals surface area contributed by atoms with Gasteiger partial charge in [0.1, 0.15) is 0 Å². The van der Waals surface area contributed by atoms with E-state index in [9.17, 15) is 0 Å². The maximum Gasteiger partial charge on any atom is 0.0547 e. The van der Waals surface area contributed by atoms with Crippen LogP contribution in [-0.2, 0) is 9.47 Å². The molecule has 1 N–H and O–H groups in total. The van der Waals surface area contributed by atoms with E-state index in [4.69, 9.17) is 9.47 Å². The van der Waals surface area contributed by atoms with Crippen LogP contribution in [0.5, 0.6) is 0 Å². The highest BCUT2D eigenvalue weighted by molar-refractivity contribution is 4.89. The monoisotopic (exact) mass is 256 g/mol. The first-order valence-corrected chi connectivity index (χ1v) is 7.22. The third-order valence-corrected chi connectivity index (χ3v) is 4.41. The SMILES string of the molecule is CNCC1(CN2CCC(COC)CC2)CCOC1. The molecule has 4 heteroatoms. The quantitative estimate of drug-likeness (QED) is 0.768. The van der Waals surface area contributed by atoms with Gasteiger partial charge in [0.05, 0.1) is 6.61 Å². The summed E-state index contributed by atoms with van der Waals surface area (Å²) in [5, 5.41) is 3.34. The highest BCUT2D eigenvalue weighted by Crippen LogP contribution is 2.30. The van der Waals surface area contributed by atoms with Crippen molar-refractivity contribution in [2.24, 2.45) is 11.3 Å². The minimum atomic E-state index is 0.350. The molecule has 106 valence electrons. The summed E-state index contributed by atoms with van der Waals surface area (Å²) in [5.74, 6) is 0.770. The first kappa shape index (κ1) is 14.3. The summed E-state index contributed by atoms with van der Waals surface area (Å²) in [6, 6.07) is 0. The number of hydrogen-bond donors (Lipinski definition) is 1. The Morgan fingerprint density at radius 3 is 2.72 bits per heavy atom. The number of likely N-dealkylation sites (tertiary alicyclic amines) is 1. The lowest BCUT2D eigenvalue weighted by molar-refractivity contribution is 0.0653. The topological polar surface area (TPSA) is 33.7 Å². The third kappa shape index (κ3) is 3.67. The molecule has 2 rings (SSSR count). The van der Waals surface area contributed by atoms with Gasteiger partial charge in [-0.3, -0.25) is 0 Å². The zero-order chi connectivity index (χ0) is 12.8. The molecule has 0 aromatic rings. The van der Waals surface area contributed by atoms with Crippen molar-refractivity contribution in [2.75, 3.05) is 60.2 Å². The number of piperidine rings is 1. The summed E-state index contributed by atoms with van der Waals surface area (Å²) in [4.78, 5) is 2.62. The van der Waals surface area contributed by atoms with Crippen molar-refractivity contribution < 1.29 is 9.47 Å². The predicted molar refractivity (Wildman–Crippen MR) is 72.8 cm³/mol. The van der Waals surface area contributed by atoms with Crippen LogP contribution in [0.2, 0.25) is 0 Å². The zero-order valence-electron chi connectivity index (χ0n) is 11.9. The Bertz CT molecular complexity index is 234. The lowest BCUT2D eigenvalue weighted by Crippen LogP contribution is -2.46. The number of ether oxygens (including phenoxy) is 2. The zero-order valence-corrected chi connectivity index (χ0v) is 11.9. The molecule has 0 amide bonds. The minimum absolute atomic E-state index is 0.350. The fraction of sp³-hybridized carbons (Fsp3) is 1.00. The van der Waals surface area contributed by atoms with Gasteiger partial charge < -0.3 is 19.7 Å². The van der Waals surface area contributed by atoms with E-state index in [0.29, 0.717) is 5.41 Å². The average molecular weight is 256 g/mol. The summed E-state index contributed by atoms with van der Waals surface area (Å²) < 4.78 is 10.9. The third-order valence-electron chi connectivity index (χ3n) is 4.41. The first-order chi connectivity index (χ1) is 8.78. The van der Waals surface area contributed by atoms with Gasteiger partial charge in [-0.15, -0.1) is 0 Å². The van der Waals surface area contributed by atoms with E-state index in [0.717, 1.165) is 32.3 Å². The molecule has 0 aliphatic carbocycles. The molecule has 0 bridgehead atoms. The van der Waals surface area contributed by atoms with E-state index in [1.54, 1.807) is 0 Å². The predicted octanol–water partition coefficient (Wildman–Crippen LogP) is 0.971. The molecule has 2 saturated heterocycles. The van der Waals surface area contributed by atoms with Gasteiger partial charge in [0.25, 0.3) is 0 Å². The summed E-state index contributed by atoms with van der Waals surface area (Å²) in [7, 11) is 3.86. The molecular formula is C14H28N2O2. The summed E-state index contributed by atoms with van der Waals surface area (Å²) in [5.41, 5.74) is 0.350. The van der Waals surface area contributed by atoms with Gasteiger partial charge in [-0.25, -0.2) is 0 Å². The summed E-state index contributed by atoms with van der Waals surface area (Å²) in [6.45, 7) is 7.49. The van der Waals surface area contributed by atoms with E-state index in [1.807, 2.05) is 14.2 Å². The Morgan fingerprint density at radius 1 is 1.39 bits per heavy atom. The lowest BCUT2D eigenvalue weighted by atomic mass is 9.85. The van der Waals surface area contributed by atoms with Crippen molar-refractivity contribution >= 4 is 0 Å². The molecule has 1 atom stereocenters. The van der Waals surface area contributed by atoms with Crippen LogP contribution in [0.15, 0.2) is 0 Å². The first-order valence-electron chi connectivity index (χ1n) is 7.22. The molecule has 1 unspecified atom stereocenters. The van der Waals surface area contributed by atoms with Crippen LogP contribution < -0.4 is 5.32 Å². The summed E-state index contributed by atoms with van der Waals surface area (Å²) in [6.07, 6.45) is 3.76. The second-order valence-electron chi connectivity index (χ2n) is 6.01. The van der Waals surface area contributed by atoms with E-state index in [1.165, 1.54) is 38.9 Å². The fourth-order valence-electron chi connectivity index (χ4n) is 3.37. The van der Waals surface area contributed by atoms with Gasteiger partial charge in [-0.1, -0.05) is 0 Å². The molecule has 2 aliphatic heterocycles. The van der Waals surface area contributed by atoms with Gasteiger partial charge in [-0.05, 0) is 45.3 Å². The molecule has 2 heterocycles. The molecule has 4 nitrogen and oxygen atoms in total. The van der Waals surface area contributed by atoms with Crippen molar-refractivity contribution in [3.05, 3.63) is 0 Å². The van der Waals surface area contributed by atoms with Gasteiger partial charge in [-0.2, -0.15) is 0 Å². The molecule has 0 spiro atoms. The molecule has 18 heavy (non-hydrogen) atoms. The van der Waals surface area contributed by atoms with E-state index in [-0.39, 0.29) is 0 Å². The molecule has 0 saturated carbocycles. The summed E-state index contributed by atoms with van der Waals surface area (Å²) >= 11 is 0. The molecule has 0 aromatic carbocycles. The van der Waals surface area contributed by atoms with Crippen molar-refractivity contribution in [1.82, 2.24) is 10.2 Å². The van der Waals surface area contributed by atoms with Crippen LogP contribution in [-0.4, -0.2) is 65.1 Å². The molecule has 0 aromatic heterocycles. The van der Waals surface area contributed by atoms with Crippen LogP contribution in [0.4, 0.5) is 0 Å². The maximum absolute atomic E-state index is 5.63. The van der Waals surface area contributed by atoms with E-state index in [2.05, 4.69) is 10.2 Å². The van der Waals surface area contributed by atoms with Gasteiger partial charge in [0.15, 0.2) is 0 Å². The molecule has 2 fully saturated rings. The lowest BCUT2D eigenvalue weighted by Gasteiger charge is -2.38. The van der Waals surface area contributed by atoms with Crippen LogP contribution in [0, 0.1) is 11.3 Å². The normalized spacial score (nSPS) is 31.0. The Morgan fingerprint density at radius 2 is 2.17 bits per heavy atom. The van der Waals surface area contributed by atoms with Crippen molar-refractivity contribution in [1.29, 1.82) is 0 Å². The minimum Gasteiger partial charge on any atom is -0.384 e. The fourth-order valence-corrected chi connectivity index (χ4v) is 3.37. The molecule has 0 radical (unpaired) electrons. The smallest absolute Gasteiger partial charge is 0.0547 e. The number of nitrogens with zero attached hydrogens (tertiary/aromatic N) is 1. The highest BCUT2D eigenvalue weighted by atomic mass is 16.5. The molecule has 2 aliphatic rings. The number of methoxy groups -OCH3 is 1. The van der Waals surface area contributed by atoms with Crippen molar-refractivity contribution in [2.45, 2.75) is 19.3 Å². The standard InChI is InChI=1S/C14H28N2O2/c1-15-10-14(5-8-18-12-14)11-16-6-3-13(4-7-16)9-17-2/h13,15H,3-12H2,1-2H3. The second-order valence-corrected chi connectivity index (χ2v) is 6.01. The number of hydrogen-bond acceptors (Lipinski definition) is 4. The van der Waals surface area contributed by atoms with Crippen LogP contribution >= 0.6 is 0 Å². The van der Waals surface area contributed by atoms with Crippen LogP contribution in [0.25, 0.3) is 0 Å². The Kier molecular flexibility index (Phi) is 5.42. The second kappa shape index (κ2) is 6.85. The van der Waals surface area contributed by atoms with E-state index < -0.39 is 0 Å². The Labute approximate surface area is 111 Å². The Hall–Kier alpha value is -0.160. The highest BCUT2D eigenvalue weighted by Gasteiger charge is 2.36. The maximum atomic E-state index is 5.63. The van der Waals surface area contributed by atoms with Gasteiger partial charge >= 0.3 is 0 Å². The van der Waals surface area contributed by atoms with Gasteiger partial charge in [0.2, 0.25) is 0 Å². The average Bonchev–Trinajstić information content (AvgIpc) is 2.81. The van der Waals surface area contributed by atoms with E-state index >= 15 is 0 Å².